The fraction of sp³-hybridized carbons (Fsp3) is 0.294. The van der Waals surface area contributed by atoms with E-state index in [-0.39, 0.29) is 6.04 Å². The lowest BCUT2D eigenvalue weighted by molar-refractivity contribution is 0.406. The Morgan fingerprint density at radius 2 is 2.00 bits per heavy atom. The molecule has 0 bridgehead atoms. The maximum atomic E-state index is 6.08. The molecule has 1 unspecified atom stereocenters. The molecule has 3 heteroatoms. The van der Waals surface area contributed by atoms with Crippen molar-refractivity contribution in [2.75, 3.05) is 14.2 Å². The standard InChI is InChI=1S/C17H20ClNO/c1-12-7-8-17(20-3)14(9-12)11-16(19-2)13-5-4-6-15(18)10-13/h4-10,16,19H,11H2,1-3H3. The Hall–Kier alpha value is -1.51. The molecule has 1 N–H and O–H groups in total. The summed E-state index contributed by atoms with van der Waals surface area (Å²) in [7, 11) is 3.68. The Morgan fingerprint density at radius 3 is 2.65 bits per heavy atom. The number of halogens is 1. The van der Waals surface area contributed by atoms with Gasteiger partial charge in [0, 0.05) is 11.1 Å². The van der Waals surface area contributed by atoms with Crippen LogP contribution >= 0.6 is 11.6 Å². The monoisotopic (exact) mass is 289 g/mol. The van der Waals surface area contributed by atoms with Crippen molar-refractivity contribution in [1.82, 2.24) is 5.32 Å². The van der Waals surface area contributed by atoms with E-state index in [9.17, 15) is 0 Å². The average molecular weight is 290 g/mol. The second-order valence-electron chi connectivity index (χ2n) is 4.92. The minimum Gasteiger partial charge on any atom is -0.496 e. The van der Waals surface area contributed by atoms with Crippen LogP contribution in [0.2, 0.25) is 5.02 Å². The van der Waals surface area contributed by atoms with Gasteiger partial charge < -0.3 is 10.1 Å². The van der Waals surface area contributed by atoms with Crippen LogP contribution in [0, 0.1) is 6.92 Å². The van der Waals surface area contributed by atoms with Crippen molar-refractivity contribution in [1.29, 1.82) is 0 Å². The minimum atomic E-state index is 0.212. The number of hydrogen-bond donors (Lipinski definition) is 1. The molecule has 106 valence electrons. The van der Waals surface area contributed by atoms with E-state index in [2.05, 4.69) is 30.4 Å². The molecule has 2 aromatic rings. The summed E-state index contributed by atoms with van der Waals surface area (Å²) >= 11 is 6.08. The molecule has 0 heterocycles. The van der Waals surface area contributed by atoms with Crippen LogP contribution in [0.3, 0.4) is 0 Å². The van der Waals surface area contributed by atoms with Crippen LogP contribution in [0.25, 0.3) is 0 Å². The average Bonchev–Trinajstić information content (AvgIpc) is 2.45. The molecule has 0 saturated carbocycles. The van der Waals surface area contributed by atoms with Gasteiger partial charge in [-0.15, -0.1) is 0 Å². The summed E-state index contributed by atoms with van der Waals surface area (Å²) in [5.74, 6) is 0.929. The van der Waals surface area contributed by atoms with E-state index in [0.29, 0.717) is 0 Å². The van der Waals surface area contributed by atoms with Gasteiger partial charge >= 0.3 is 0 Å². The van der Waals surface area contributed by atoms with Gasteiger partial charge in [-0.3, -0.25) is 0 Å². The summed E-state index contributed by atoms with van der Waals surface area (Å²) < 4.78 is 5.45. The van der Waals surface area contributed by atoms with Gasteiger partial charge in [0.05, 0.1) is 7.11 Å². The smallest absolute Gasteiger partial charge is 0.122 e. The molecule has 0 aliphatic carbocycles. The van der Waals surface area contributed by atoms with Crippen LogP contribution in [-0.4, -0.2) is 14.2 Å². The molecule has 0 aliphatic heterocycles. The van der Waals surface area contributed by atoms with Crippen LogP contribution in [-0.2, 0) is 6.42 Å². The second kappa shape index (κ2) is 6.78. The number of likely N-dealkylation sites (N-methyl/N-ethyl adjacent to an activating group) is 1. The zero-order chi connectivity index (χ0) is 14.5. The maximum Gasteiger partial charge on any atom is 0.122 e. The predicted molar refractivity (Wildman–Crippen MR) is 84.7 cm³/mol. The van der Waals surface area contributed by atoms with E-state index >= 15 is 0 Å². The Balaban J connectivity index is 2.28. The number of hydrogen-bond acceptors (Lipinski definition) is 2. The van der Waals surface area contributed by atoms with Crippen molar-refractivity contribution in [2.24, 2.45) is 0 Å². The number of nitrogens with one attached hydrogen (secondary N) is 1. The summed E-state index contributed by atoms with van der Waals surface area (Å²) in [6, 6.07) is 14.4. The molecule has 2 nitrogen and oxygen atoms in total. The van der Waals surface area contributed by atoms with E-state index in [1.54, 1.807) is 7.11 Å². The first-order valence-corrected chi connectivity index (χ1v) is 7.08. The molecule has 2 aromatic carbocycles. The van der Waals surface area contributed by atoms with E-state index in [4.69, 9.17) is 16.3 Å². The first-order chi connectivity index (χ1) is 9.63. The summed E-state index contributed by atoms with van der Waals surface area (Å²) in [5.41, 5.74) is 3.62. The molecular formula is C17H20ClNO. The van der Waals surface area contributed by atoms with Crippen LogP contribution in [0.5, 0.6) is 5.75 Å². The lowest BCUT2D eigenvalue weighted by atomic mass is 9.97. The fourth-order valence-electron chi connectivity index (χ4n) is 2.40. The summed E-state index contributed by atoms with van der Waals surface area (Å²) in [4.78, 5) is 0. The number of benzene rings is 2. The highest BCUT2D eigenvalue weighted by molar-refractivity contribution is 6.30. The van der Waals surface area contributed by atoms with Crippen molar-refractivity contribution in [3.63, 3.8) is 0 Å². The number of ether oxygens (including phenoxy) is 1. The Bertz CT molecular complexity index is 583. The lowest BCUT2D eigenvalue weighted by Crippen LogP contribution is -2.19. The number of rotatable bonds is 5. The molecule has 0 aromatic heterocycles. The molecule has 0 amide bonds. The van der Waals surface area contributed by atoms with Crippen LogP contribution in [0.4, 0.5) is 0 Å². The largest absolute Gasteiger partial charge is 0.496 e. The molecule has 20 heavy (non-hydrogen) atoms. The summed E-state index contributed by atoms with van der Waals surface area (Å²) in [6.45, 7) is 2.09. The Morgan fingerprint density at radius 1 is 1.20 bits per heavy atom. The molecule has 0 saturated heterocycles. The van der Waals surface area contributed by atoms with Crippen molar-refractivity contribution >= 4 is 11.6 Å². The summed E-state index contributed by atoms with van der Waals surface area (Å²) in [5, 5.41) is 4.11. The van der Waals surface area contributed by atoms with Gasteiger partial charge in [0.15, 0.2) is 0 Å². The highest BCUT2D eigenvalue weighted by atomic mass is 35.5. The third kappa shape index (κ3) is 3.53. The van der Waals surface area contributed by atoms with Gasteiger partial charge in [-0.1, -0.05) is 41.4 Å². The number of aryl methyl sites for hydroxylation is 1. The van der Waals surface area contributed by atoms with Crippen LogP contribution in [0.15, 0.2) is 42.5 Å². The molecule has 0 fully saturated rings. The minimum absolute atomic E-state index is 0.212. The molecule has 0 spiro atoms. The van der Waals surface area contributed by atoms with Crippen molar-refractivity contribution in [3.8, 4) is 5.75 Å². The van der Waals surface area contributed by atoms with Crippen molar-refractivity contribution < 1.29 is 4.74 Å². The highest BCUT2D eigenvalue weighted by Gasteiger charge is 2.13. The molecule has 0 aliphatic rings. The SMILES string of the molecule is CNC(Cc1cc(C)ccc1OC)c1cccc(Cl)c1. The Labute approximate surface area is 125 Å². The van der Waals surface area contributed by atoms with Gasteiger partial charge in [0.1, 0.15) is 5.75 Å². The number of methoxy groups -OCH3 is 1. The van der Waals surface area contributed by atoms with Crippen molar-refractivity contribution in [2.45, 2.75) is 19.4 Å². The molecule has 1 atom stereocenters. The zero-order valence-electron chi connectivity index (χ0n) is 12.1. The predicted octanol–water partition coefficient (Wildman–Crippen LogP) is 4.16. The van der Waals surface area contributed by atoms with Gasteiger partial charge in [-0.25, -0.2) is 0 Å². The van der Waals surface area contributed by atoms with E-state index in [1.807, 2.05) is 31.3 Å². The second-order valence-corrected chi connectivity index (χ2v) is 5.35. The lowest BCUT2D eigenvalue weighted by Gasteiger charge is -2.19. The molecule has 0 radical (unpaired) electrons. The highest BCUT2D eigenvalue weighted by Crippen LogP contribution is 2.27. The van der Waals surface area contributed by atoms with Gasteiger partial charge in [-0.05, 0) is 49.7 Å². The third-order valence-corrected chi connectivity index (χ3v) is 3.69. The summed E-state index contributed by atoms with van der Waals surface area (Å²) in [6.07, 6.45) is 0.863. The van der Waals surface area contributed by atoms with Crippen LogP contribution < -0.4 is 10.1 Å². The van der Waals surface area contributed by atoms with Gasteiger partial charge in [0.25, 0.3) is 0 Å². The Kier molecular flexibility index (Phi) is 5.05. The van der Waals surface area contributed by atoms with Crippen molar-refractivity contribution in [3.05, 3.63) is 64.2 Å². The molecule has 2 rings (SSSR count). The topological polar surface area (TPSA) is 21.3 Å². The first-order valence-electron chi connectivity index (χ1n) is 6.70. The quantitative estimate of drug-likeness (QED) is 0.892. The third-order valence-electron chi connectivity index (χ3n) is 3.46. The van der Waals surface area contributed by atoms with Gasteiger partial charge in [-0.2, -0.15) is 0 Å². The fourth-order valence-corrected chi connectivity index (χ4v) is 2.60. The van der Waals surface area contributed by atoms with Gasteiger partial charge in [0.2, 0.25) is 0 Å². The van der Waals surface area contributed by atoms with Crippen LogP contribution in [0.1, 0.15) is 22.7 Å². The van der Waals surface area contributed by atoms with E-state index in [0.717, 1.165) is 17.2 Å². The zero-order valence-corrected chi connectivity index (χ0v) is 12.9. The normalized spacial score (nSPS) is 12.2. The first kappa shape index (κ1) is 14.9. The van der Waals surface area contributed by atoms with E-state index in [1.165, 1.54) is 16.7 Å². The van der Waals surface area contributed by atoms with E-state index < -0.39 is 0 Å². The molecular weight excluding hydrogens is 270 g/mol. The maximum absolute atomic E-state index is 6.08.